The Kier molecular flexibility index (Phi) is 2.58. The molecule has 14 heavy (non-hydrogen) atoms. The number of hydrogen-bond acceptors (Lipinski definition) is 3. The molecule has 0 saturated heterocycles. The van der Waals surface area contributed by atoms with Crippen LogP contribution in [0.2, 0.25) is 10.0 Å². The molecule has 0 unspecified atom stereocenters. The maximum atomic E-state index is 5.84. The smallest absolute Gasteiger partial charge is 0.114 e. The standard InChI is InChI=1S/C8H8Cl2N4/c9-5-3-7-8(4-6(5)10)13-14(12-7)2-1-11/h3-4H,1-2,11H2. The van der Waals surface area contributed by atoms with E-state index in [2.05, 4.69) is 10.2 Å². The van der Waals surface area contributed by atoms with Gasteiger partial charge in [0.15, 0.2) is 0 Å². The van der Waals surface area contributed by atoms with E-state index in [9.17, 15) is 0 Å². The topological polar surface area (TPSA) is 56.7 Å². The number of aromatic nitrogens is 3. The van der Waals surface area contributed by atoms with Crippen LogP contribution < -0.4 is 5.73 Å². The maximum Gasteiger partial charge on any atom is 0.114 e. The molecular weight excluding hydrogens is 223 g/mol. The molecule has 2 aromatic rings. The fraction of sp³-hybridized carbons (Fsp3) is 0.250. The predicted molar refractivity (Wildman–Crippen MR) is 56.6 cm³/mol. The van der Waals surface area contributed by atoms with Crippen molar-refractivity contribution in [1.29, 1.82) is 0 Å². The van der Waals surface area contributed by atoms with Crippen molar-refractivity contribution in [2.24, 2.45) is 5.73 Å². The Morgan fingerprint density at radius 3 is 2.07 bits per heavy atom. The molecule has 0 aliphatic heterocycles. The molecule has 1 aromatic carbocycles. The quantitative estimate of drug-likeness (QED) is 0.855. The predicted octanol–water partition coefficient (Wildman–Crippen LogP) is 1.70. The molecule has 1 heterocycles. The van der Waals surface area contributed by atoms with Gasteiger partial charge in [0.1, 0.15) is 11.0 Å². The highest BCUT2D eigenvalue weighted by molar-refractivity contribution is 6.42. The molecule has 2 rings (SSSR count). The van der Waals surface area contributed by atoms with Gasteiger partial charge in [-0.25, -0.2) is 0 Å². The van der Waals surface area contributed by atoms with Crippen LogP contribution in [0, 0.1) is 0 Å². The lowest BCUT2D eigenvalue weighted by Gasteiger charge is -1.91. The lowest BCUT2D eigenvalue weighted by atomic mass is 10.3. The molecule has 74 valence electrons. The summed E-state index contributed by atoms with van der Waals surface area (Å²) in [5, 5.41) is 9.34. The van der Waals surface area contributed by atoms with E-state index < -0.39 is 0 Å². The van der Waals surface area contributed by atoms with Crippen molar-refractivity contribution in [1.82, 2.24) is 15.0 Å². The largest absolute Gasteiger partial charge is 0.329 e. The molecule has 1 aromatic heterocycles. The summed E-state index contributed by atoms with van der Waals surface area (Å²) >= 11 is 11.7. The van der Waals surface area contributed by atoms with Gasteiger partial charge in [-0.05, 0) is 12.1 Å². The summed E-state index contributed by atoms with van der Waals surface area (Å²) in [6.07, 6.45) is 0. The van der Waals surface area contributed by atoms with Gasteiger partial charge in [-0.2, -0.15) is 15.0 Å². The molecule has 0 spiro atoms. The van der Waals surface area contributed by atoms with Crippen LogP contribution in [0.1, 0.15) is 0 Å². The van der Waals surface area contributed by atoms with E-state index in [0.717, 1.165) is 11.0 Å². The molecule has 4 nitrogen and oxygen atoms in total. The van der Waals surface area contributed by atoms with Gasteiger partial charge in [0.2, 0.25) is 0 Å². The zero-order valence-corrected chi connectivity index (χ0v) is 8.76. The Hall–Kier alpha value is -0.840. The van der Waals surface area contributed by atoms with Crippen molar-refractivity contribution in [3.63, 3.8) is 0 Å². The van der Waals surface area contributed by atoms with Crippen molar-refractivity contribution in [3.05, 3.63) is 22.2 Å². The van der Waals surface area contributed by atoms with E-state index in [1.165, 1.54) is 4.80 Å². The summed E-state index contributed by atoms with van der Waals surface area (Å²) in [5.74, 6) is 0. The molecule has 0 amide bonds. The highest BCUT2D eigenvalue weighted by Crippen LogP contribution is 2.25. The van der Waals surface area contributed by atoms with Gasteiger partial charge < -0.3 is 5.73 Å². The zero-order valence-electron chi connectivity index (χ0n) is 7.24. The van der Waals surface area contributed by atoms with Crippen molar-refractivity contribution in [2.75, 3.05) is 6.54 Å². The van der Waals surface area contributed by atoms with E-state index >= 15 is 0 Å². The average molecular weight is 231 g/mol. The minimum absolute atomic E-state index is 0.485. The van der Waals surface area contributed by atoms with Gasteiger partial charge in [0, 0.05) is 6.54 Å². The monoisotopic (exact) mass is 230 g/mol. The third kappa shape index (κ3) is 1.68. The first-order valence-corrected chi connectivity index (χ1v) is 4.86. The molecule has 0 fully saturated rings. The molecular formula is C8H8Cl2N4. The van der Waals surface area contributed by atoms with E-state index in [0.29, 0.717) is 23.1 Å². The Balaban J connectivity index is 2.54. The van der Waals surface area contributed by atoms with Crippen molar-refractivity contribution < 1.29 is 0 Å². The number of benzene rings is 1. The van der Waals surface area contributed by atoms with Crippen LogP contribution in [0.25, 0.3) is 11.0 Å². The second-order valence-electron chi connectivity index (χ2n) is 2.84. The second-order valence-corrected chi connectivity index (χ2v) is 3.65. The number of rotatable bonds is 2. The summed E-state index contributed by atoms with van der Waals surface area (Å²) in [5.41, 5.74) is 6.85. The Morgan fingerprint density at radius 1 is 1.14 bits per heavy atom. The van der Waals surface area contributed by atoms with Crippen LogP contribution in [-0.4, -0.2) is 21.5 Å². The van der Waals surface area contributed by atoms with Crippen LogP contribution in [-0.2, 0) is 6.54 Å². The van der Waals surface area contributed by atoms with Gasteiger partial charge in [-0.1, -0.05) is 23.2 Å². The van der Waals surface area contributed by atoms with E-state index in [-0.39, 0.29) is 0 Å². The van der Waals surface area contributed by atoms with Crippen molar-refractivity contribution in [2.45, 2.75) is 6.54 Å². The minimum Gasteiger partial charge on any atom is -0.329 e. The van der Waals surface area contributed by atoms with E-state index in [1.54, 1.807) is 12.1 Å². The van der Waals surface area contributed by atoms with Gasteiger partial charge in [-0.15, -0.1) is 0 Å². The number of hydrogen-bond donors (Lipinski definition) is 1. The normalized spacial score (nSPS) is 11.1. The average Bonchev–Trinajstić information content (AvgIpc) is 2.48. The molecule has 0 radical (unpaired) electrons. The lowest BCUT2D eigenvalue weighted by Crippen LogP contribution is -2.12. The Bertz CT molecular complexity index is 427. The fourth-order valence-electron chi connectivity index (χ4n) is 1.17. The highest BCUT2D eigenvalue weighted by Gasteiger charge is 2.05. The van der Waals surface area contributed by atoms with Gasteiger partial charge in [-0.3, -0.25) is 0 Å². The summed E-state index contributed by atoms with van der Waals surface area (Å²) in [6, 6.07) is 3.39. The summed E-state index contributed by atoms with van der Waals surface area (Å²) in [4.78, 5) is 1.54. The number of fused-ring (bicyclic) bond motifs is 1. The lowest BCUT2D eigenvalue weighted by molar-refractivity contribution is 0.553. The van der Waals surface area contributed by atoms with Gasteiger partial charge in [0.25, 0.3) is 0 Å². The molecule has 2 N–H and O–H groups in total. The maximum absolute atomic E-state index is 5.84. The molecule has 6 heteroatoms. The molecule has 0 bridgehead atoms. The van der Waals surface area contributed by atoms with Gasteiger partial charge >= 0.3 is 0 Å². The van der Waals surface area contributed by atoms with Crippen LogP contribution in [0.15, 0.2) is 12.1 Å². The van der Waals surface area contributed by atoms with E-state index in [4.69, 9.17) is 28.9 Å². The number of nitrogens with two attached hydrogens (primary N) is 1. The first kappa shape index (κ1) is 9.71. The van der Waals surface area contributed by atoms with Crippen molar-refractivity contribution >= 4 is 34.2 Å². The third-order valence-corrected chi connectivity index (χ3v) is 2.52. The van der Waals surface area contributed by atoms with Crippen LogP contribution >= 0.6 is 23.2 Å². The molecule has 0 atom stereocenters. The molecule has 0 saturated carbocycles. The second kappa shape index (κ2) is 3.73. The van der Waals surface area contributed by atoms with Crippen LogP contribution in [0.5, 0.6) is 0 Å². The van der Waals surface area contributed by atoms with E-state index in [1.807, 2.05) is 0 Å². The summed E-state index contributed by atoms with van der Waals surface area (Å²) in [7, 11) is 0. The SMILES string of the molecule is NCCn1nc2cc(Cl)c(Cl)cc2n1. The van der Waals surface area contributed by atoms with Crippen molar-refractivity contribution in [3.8, 4) is 0 Å². The zero-order chi connectivity index (χ0) is 10.1. The highest BCUT2D eigenvalue weighted by atomic mass is 35.5. The number of halogens is 2. The Morgan fingerprint density at radius 2 is 1.64 bits per heavy atom. The fourth-order valence-corrected chi connectivity index (χ4v) is 1.49. The third-order valence-electron chi connectivity index (χ3n) is 1.79. The molecule has 0 aliphatic carbocycles. The molecule has 0 aliphatic rings. The number of nitrogens with zero attached hydrogens (tertiary/aromatic N) is 3. The summed E-state index contributed by atoms with van der Waals surface area (Å²) < 4.78 is 0. The minimum atomic E-state index is 0.485. The summed E-state index contributed by atoms with van der Waals surface area (Å²) in [6.45, 7) is 1.09. The first-order chi connectivity index (χ1) is 6.70. The van der Waals surface area contributed by atoms with Crippen LogP contribution in [0.3, 0.4) is 0 Å². The van der Waals surface area contributed by atoms with Gasteiger partial charge in [0.05, 0.1) is 16.6 Å². The first-order valence-electron chi connectivity index (χ1n) is 4.10. The van der Waals surface area contributed by atoms with Crippen LogP contribution in [0.4, 0.5) is 0 Å². The Labute approximate surface area is 90.6 Å².